The lowest BCUT2D eigenvalue weighted by Gasteiger charge is -2.58. The Morgan fingerprint density at radius 3 is 2.73 bits per heavy atom. The molecule has 3 fully saturated rings. The lowest BCUT2D eigenvalue weighted by molar-refractivity contribution is -0.159. The largest absolute Gasteiger partial charge is 0.462 e. The Kier molecular flexibility index (Phi) is 4.32. The third kappa shape index (κ3) is 2.51. The first-order chi connectivity index (χ1) is 12.3. The van der Waals surface area contributed by atoms with Gasteiger partial charge in [-0.1, -0.05) is 26.3 Å². The van der Waals surface area contributed by atoms with Crippen molar-refractivity contribution in [1.29, 1.82) is 0 Å². The van der Waals surface area contributed by atoms with Crippen molar-refractivity contribution in [3.05, 3.63) is 11.6 Å². The fourth-order valence-corrected chi connectivity index (χ4v) is 6.97. The van der Waals surface area contributed by atoms with Gasteiger partial charge in [0.2, 0.25) is 0 Å². The molecule has 4 rings (SSSR count). The molecule has 4 heteroatoms. The molecule has 4 aliphatic rings. The molecule has 7 atom stereocenters. The van der Waals surface area contributed by atoms with Crippen molar-refractivity contribution in [2.45, 2.75) is 84.4 Å². The number of halogens is 1. The molecule has 0 aromatic heterocycles. The van der Waals surface area contributed by atoms with Crippen LogP contribution in [0.5, 0.6) is 0 Å². The highest BCUT2D eigenvalue weighted by molar-refractivity contribution is 5.95. The summed E-state index contributed by atoms with van der Waals surface area (Å²) in [5, 5.41) is 0. The van der Waals surface area contributed by atoms with Gasteiger partial charge < -0.3 is 4.74 Å². The predicted molar refractivity (Wildman–Crippen MR) is 97.2 cm³/mol. The van der Waals surface area contributed by atoms with Crippen molar-refractivity contribution < 1.29 is 18.7 Å². The second-order valence-corrected chi connectivity index (χ2v) is 9.53. The van der Waals surface area contributed by atoms with Gasteiger partial charge in [0.05, 0.1) is 0 Å². The predicted octanol–water partition coefficient (Wildman–Crippen LogP) is 4.79. The quantitative estimate of drug-likeness (QED) is 0.664. The van der Waals surface area contributed by atoms with Crippen molar-refractivity contribution in [3.8, 4) is 0 Å². The molecule has 4 aliphatic carbocycles. The Morgan fingerprint density at radius 2 is 2.00 bits per heavy atom. The minimum absolute atomic E-state index is 0.0347. The standard InChI is InChI=1S/C22H31FO3/c1-4-20(25)26-19-8-7-15-14-6-5-13-11-18(24)17(23)12-22(13,3)16(14)9-10-21(15,19)2/h11,14-17,19H,4-10,12H2,1-3H3/t14-,15-,16-,17-,19+,21-,22-/m0/s1. The van der Waals surface area contributed by atoms with Crippen molar-refractivity contribution in [2.24, 2.45) is 28.6 Å². The number of carbonyl (C=O) groups is 2. The topological polar surface area (TPSA) is 43.4 Å². The van der Waals surface area contributed by atoms with E-state index in [1.54, 1.807) is 6.08 Å². The second-order valence-electron chi connectivity index (χ2n) is 9.53. The molecule has 0 radical (unpaired) electrons. The summed E-state index contributed by atoms with van der Waals surface area (Å²) in [5.74, 6) is 1.13. The maximum absolute atomic E-state index is 14.3. The average Bonchev–Trinajstić information content (AvgIpc) is 2.93. The van der Waals surface area contributed by atoms with Gasteiger partial charge in [0.1, 0.15) is 6.10 Å². The van der Waals surface area contributed by atoms with Gasteiger partial charge in [-0.15, -0.1) is 0 Å². The normalized spacial score (nSPS) is 47.5. The van der Waals surface area contributed by atoms with Crippen LogP contribution in [0.15, 0.2) is 11.6 Å². The van der Waals surface area contributed by atoms with Crippen molar-refractivity contribution in [1.82, 2.24) is 0 Å². The maximum atomic E-state index is 14.3. The summed E-state index contributed by atoms with van der Waals surface area (Å²) in [6.07, 6.45) is 7.27. The highest BCUT2D eigenvalue weighted by Crippen LogP contribution is 2.65. The first-order valence-electron chi connectivity index (χ1n) is 10.4. The third-order valence-corrected chi connectivity index (χ3v) is 8.44. The van der Waals surface area contributed by atoms with Gasteiger partial charge in [0.25, 0.3) is 0 Å². The molecule has 0 N–H and O–H groups in total. The summed E-state index contributed by atoms with van der Waals surface area (Å²) in [5.41, 5.74) is 1.08. The van der Waals surface area contributed by atoms with Crippen LogP contribution in [0.1, 0.15) is 72.1 Å². The Bertz CT molecular complexity index is 656. The van der Waals surface area contributed by atoms with E-state index in [1.165, 1.54) is 5.57 Å². The summed E-state index contributed by atoms with van der Waals surface area (Å²) >= 11 is 0. The summed E-state index contributed by atoms with van der Waals surface area (Å²) in [6, 6.07) is 0. The number of hydrogen-bond donors (Lipinski definition) is 0. The molecule has 26 heavy (non-hydrogen) atoms. The number of ether oxygens (including phenoxy) is 1. The number of alkyl halides is 1. The zero-order valence-corrected chi connectivity index (χ0v) is 16.2. The smallest absolute Gasteiger partial charge is 0.305 e. The number of esters is 1. The molecule has 0 spiro atoms. The lowest BCUT2D eigenvalue weighted by Crippen LogP contribution is -2.52. The first kappa shape index (κ1) is 18.2. The average molecular weight is 362 g/mol. The third-order valence-electron chi connectivity index (χ3n) is 8.44. The monoisotopic (exact) mass is 362 g/mol. The van der Waals surface area contributed by atoms with Gasteiger partial charge in [-0.05, 0) is 74.2 Å². The number of carbonyl (C=O) groups excluding carboxylic acids is 2. The van der Waals surface area contributed by atoms with E-state index in [1.807, 2.05) is 6.92 Å². The minimum atomic E-state index is -1.34. The van der Waals surface area contributed by atoms with Crippen LogP contribution in [0.3, 0.4) is 0 Å². The molecule has 144 valence electrons. The summed E-state index contributed by atoms with van der Waals surface area (Å²) in [4.78, 5) is 23.7. The molecule has 3 nitrogen and oxygen atoms in total. The number of allylic oxidation sites excluding steroid dienone is 1. The number of ketones is 1. The molecule has 0 aromatic carbocycles. The van der Waals surface area contributed by atoms with E-state index in [0.717, 1.165) is 38.5 Å². The minimum Gasteiger partial charge on any atom is -0.462 e. The van der Waals surface area contributed by atoms with Crippen LogP contribution in [0, 0.1) is 28.6 Å². The Labute approximate surface area is 155 Å². The van der Waals surface area contributed by atoms with E-state index in [4.69, 9.17) is 4.74 Å². The van der Waals surface area contributed by atoms with Gasteiger partial charge in [-0.25, -0.2) is 4.39 Å². The lowest BCUT2D eigenvalue weighted by atomic mass is 9.47. The highest BCUT2D eigenvalue weighted by atomic mass is 19.1. The molecule has 0 amide bonds. The molecule has 0 saturated heterocycles. The summed E-state index contributed by atoms with van der Waals surface area (Å²) < 4.78 is 20.1. The SMILES string of the molecule is CCC(=O)O[C@@H]1CC[C@H]2[C@@H]3CCC4=CC(=O)[C@@H](F)C[C@]4(C)[C@H]3CC[C@]12C. The first-order valence-corrected chi connectivity index (χ1v) is 10.4. The zero-order chi connectivity index (χ0) is 18.7. The fraction of sp³-hybridized carbons (Fsp3) is 0.818. The van der Waals surface area contributed by atoms with Gasteiger partial charge in [0.15, 0.2) is 12.0 Å². The van der Waals surface area contributed by atoms with Crippen molar-refractivity contribution in [3.63, 3.8) is 0 Å². The van der Waals surface area contributed by atoms with Gasteiger partial charge in [-0.2, -0.15) is 0 Å². The number of fused-ring (bicyclic) bond motifs is 5. The maximum Gasteiger partial charge on any atom is 0.305 e. The van der Waals surface area contributed by atoms with Crippen LogP contribution in [-0.2, 0) is 14.3 Å². The van der Waals surface area contributed by atoms with Crippen LogP contribution in [0.2, 0.25) is 0 Å². The van der Waals surface area contributed by atoms with E-state index in [2.05, 4.69) is 13.8 Å². The van der Waals surface area contributed by atoms with Crippen LogP contribution in [0.4, 0.5) is 4.39 Å². The molecular weight excluding hydrogens is 331 g/mol. The molecular formula is C22H31FO3. The van der Waals surface area contributed by atoms with Crippen molar-refractivity contribution in [2.75, 3.05) is 0 Å². The molecule has 0 aromatic rings. The van der Waals surface area contributed by atoms with Crippen LogP contribution in [-0.4, -0.2) is 24.0 Å². The highest BCUT2D eigenvalue weighted by Gasteiger charge is 2.60. The van der Waals surface area contributed by atoms with Crippen molar-refractivity contribution >= 4 is 11.8 Å². The van der Waals surface area contributed by atoms with Gasteiger partial charge in [-0.3, -0.25) is 9.59 Å². The van der Waals surface area contributed by atoms with E-state index in [-0.39, 0.29) is 28.7 Å². The zero-order valence-electron chi connectivity index (χ0n) is 16.2. The Balaban J connectivity index is 1.60. The molecule has 0 aliphatic heterocycles. The van der Waals surface area contributed by atoms with Gasteiger partial charge >= 0.3 is 5.97 Å². The molecule has 3 saturated carbocycles. The summed E-state index contributed by atoms with van der Waals surface area (Å²) in [7, 11) is 0. The number of rotatable bonds is 2. The number of hydrogen-bond acceptors (Lipinski definition) is 3. The molecule has 0 unspecified atom stereocenters. The van der Waals surface area contributed by atoms with E-state index in [0.29, 0.717) is 30.6 Å². The van der Waals surface area contributed by atoms with Crippen LogP contribution in [0.25, 0.3) is 0 Å². The van der Waals surface area contributed by atoms with Gasteiger partial charge in [0, 0.05) is 11.8 Å². The molecule has 0 bridgehead atoms. The van der Waals surface area contributed by atoms with E-state index >= 15 is 0 Å². The fourth-order valence-electron chi connectivity index (χ4n) is 6.97. The van der Waals surface area contributed by atoms with E-state index < -0.39 is 6.17 Å². The molecule has 0 heterocycles. The summed E-state index contributed by atoms with van der Waals surface area (Å²) in [6.45, 7) is 6.35. The van der Waals surface area contributed by atoms with Crippen LogP contribution >= 0.6 is 0 Å². The van der Waals surface area contributed by atoms with E-state index in [9.17, 15) is 14.0 Å². The Morgan fingerprint density at radius 1 is 1.23 bits per heavy atom. The van der Waals surface area contributed by atoms with Crippen LogP contribution < -0.4 is 0 Å². The Hall–Kier alpha value is -1.19. The second kappa shape index (κ2) is 6.17.